The van der Waals surface area contributed by atoms with Gasteiger partial charge in [0.2, 0.25) is 0 Å². The van der Waals surface area contributed by atoms with Crippen molar-refractivity contribution in [1.29, 1.82) is 0 Å². The second-order valence-electron chi connectivity index (χ2n) is 15.6. The molecule has 0 amide bonds. The van der Waals surface area contributed by atoms with Crippen LogP contribution in [0.1, 0.15) is 12.5 Å². The van der Waals surface area contributed by atoms with Gasteiger partial charge in [0.1, 0.15) is 11.2 Å². The molecule has 298 valence electrons. The van der Waals surface area contributed by atoms with Crippen molar-refractivity contribution < 1.29 is 4.42 Å². The molecule has 0 radical (unpaired) electrons. The number of para-hydroxylation sites is 1. The van der Waals surface area contributed by atoms with Crippen molar-refractivity contribution in [3.63, 3.8) is 0 Å². The van der Waals surface area contributed by atoms with Crippen LogP contribution in [0.3, 0.4) is 0 Å². The normalized spacial score (nSPS) is 12.0. The highest BCUT2D eigenvalue weighted by Crippen LogP contribution is 2.41. The Labute approximate surface area is 365 Å². The monoisotopic (exact) mass is 808 g/mol. The minimum Gasteiger partial charge on any atom is -0.456 e. The molecule has 11 rings (SSSR count). The van der Waals surface area contributed by atoms with Crippen molar-refractivity contribution >= 4 is 49.3 Å². The SMILES string of the molecule is C=C/C=C(\C=C/C)c1cccc2c1c1ccccc1n2-c1ccc2c(c1)oc1cccc(-c3nc(-c4ccc(-c5ccccc5)cc4)nc(-c4ccc(-c5ccccc5)cc4)n3)c12. The van der Waals surface area contributed by atoms with E-state index in [0.29, 0.717) is 17.5 Å². The summed E-state index contributed by atoms with van der Waals surface area (Å²) in [5.74, 6) is 1.77. The summed E-state index contributed by atoms with van der Waals surface area (Å²) >= 11 is 0. The number of hydrogen-bond acceptors (Lipinski definition) is 4. The van der Waals surface area contributed by atoms with Gasteiger partial charge in [-0.1, -0.05) is 183 Å². The summed E-state index contributed by atoms with van der Waals surface area (Å²) in [4.78, 5) is 15.5. The third-order valence-corrected chi connectivity index (χ3v) is 11.8. The van der Waals surface area contributed by atoms with Crippen molar-refractivity contribution in [1.82, 2.24) is 19.5 Å². The first-order valence-corrected chi connectivity index (χ1v) is 21.2. The molecule has 0 aliphatic rings. The Balaban J connectivity index is 1.06. The molecule has 8 aromatic carbocycles. The number of furan rings is 1. The molecule has 5 heteroatoms. The second kappa shape index (κ2) is 15.9. The van der Waals surface area contributed by atoms with Gasteiger partial charge >= 0.3 is 0 Å². The van der Waals surface area contributed by atoms with Gasteiger partial charge in [0.25, 0.3) is 0 Å². The van der Waals surface area contributed by atoms with E-state index < -0.39 is 0 Å². The van der Waals surface area contributed by atoms with Gasteiger partial charge in [-0.05, 0) is 70.6 Å². The van der Waals surface area contributed by atoms with Crippen molar-refractivity contribution in [2.45, 2.75) is 6.92 Å². The summed E-state index contributed by atoms with van der Waals surface area (Å²) < 4.78 is 9.06. The van der Waals surface area contributed by atoms with E-state index in [-0.39, 0.29) is 0 Å². The predicted octanol–water partition coefficient (Wildman–Crippen LogP) is 15.3. The first-order chi connectivity index (χ1) is 31.1. The number of allylic oxidation sites excluding steroid dienone is 5. The van der Waals surface area contributed by atoms with Crippen LogP contribution in [0.25, 0.3) is 111 Å². The molecular formula is C58H40N4O. The molecule has 63 heavy (non-hydrogen) atoms. The van der Waals surface area contributed by atoms with Crippen LogP contribution >= 0.6 is 0 Å². The van der Waals surface area contributed by atoms with Crippen LogP contribution in [-0.2, 0) is 0 Å². The maximum atomic E-state index is 6.73. The summed E-state index contributed by atoms with van der Waals surface area (Å²) in [5, 5.41) is 4.31. The Kier molecular flexibility index (Phi) is 9.48. The first kappa shape index (κ1) is 37.6. The van der Waals surface area contributed by atoms with Crippen LogP contribution in [-0.4, -0.2) is 19.5 Å². The zero-order chi connectivity index (χ0) is 42.3. The zero-order valence-corrected chi connectivity index (χ0v) is 34.6. The highest BCUT2D eigenvalue weighted by molar-refractivity contribution is 6.15. The summed E-state index contributed by atoms with van der Waals surface area (Å²) in [6.45, 7) is 6.04. The molecule has 0 N–H and O–H groups in total. The van der Waals surface area contributed by atoms with E-state index in [4.69, 9.17) is 19.4 Å². The van der Waals surface area contributed by atoms with Gasteiger partial charge in [-0.2, -0.15) is 0 Å². The van der Waals surface area contributed by atoms with Crippen molar-refractivity contribution in [2.24, 2.45) is 0 Å². The smallest absolute Gasteiger partial charge is 0.164 e. The van der Waals surface area contributed by atoms with E-state index in [0.717, 1.165) is 88.7 Å². The Morgan fingerprint density at radius 2 is 1.06 bits per heavy atom. The highest BCUT2D eigenvalue weighted by Gasteiger charge is 2.21. The Bertz CT molecular complexity index is 3460. The van der Waals surface area contributed by atoms with Crippen molar-refractivity contribution in [3.8, 4) is 62.1 Å². The van der Waals surface area contributed by atoms with E-state index in [2.05, 4.69) is 193 Å². The Hall–Kier alpha value is -8.41. The van der Waals surface area contributed by atoms with Crippen LogP contribution in [0.4, 0.5) is 0 Å². The average Bonchev–Trinajstić information content (AvgIpc) is 3.90. The maximum absolute atomic E-state index is 6.73. The molecule has 3 aromatic heterocycles. The van der Waals surface area contributed by atoms with Crippen molar-refractivity contribution in [2.75, 3.05) is 0 Å². The molecule has 0 bridgehead atoms. The third-order valence-electron chi connectivity index (χ3n) is 11.8. The molecule has 0 spiro atoms. The fourth-order valence-corrected chi connectivity index (χ4v) is 8.86. The molecule has 11 aromatic rings. The highest BCUT2D eigenvalue weighted by atomic mass is 16.3. The predicted molar refractivity (Wildman–Crippen MR) is 262 cm³/mol. The Morgan fingerprint density at radius 1 is 0.492 bits per heavy atom. The number of aromatic nitrogens is 4. The molecule has 0 saturated heterocycles. The minimum absolute atomic E-state index is 0.575. The molecule has 5 nitrogen and oxygen atoms in total. The van der Waals surface area contributed by atoms with E-state index in [9.17, 15) is 0 Å². The van der Waals surface area contributed by atoms with Crippen molar-refractivity contribution in [3.05, 3.63) is 225 Å². The van der Waals surface area contributed by atoms with Crippen LogP contribution in [0.2, 0.25) is 0 Å². The van der Waals surface area contributed by atoms with Gasteiger partial charge in [0.15, 0.2) is 17.5 Å². The van der Waals surface area contributed by atoms with Gasteiger partial charge in [-0.3, -0.25) is 0 Å². The second-order valence-corrected chi connectivity index (χ2v) is 15.6. The van der Waals surface area contributed by atoms with Gasteiger partial charge in [-0.15, -0.1) is 0 Å². The quantitative estimate of drug-likeness (QED) is 0.136. The summed E-state index contributed by atoms with van der Waals surface area (Å²) in [5.41, 5.74) is 14.3. The number of hydrogen-bond donors (Lipinski definition) is 0. The topological polar surface area (TPSA) is 56.7 Å². The molecule has 0 aliphatic carbocycles. The summed E-state index contributed by atoms with van der Waals surface area (Å²) in [6.07, 6.45) is 8.13. The van der Waals surface area contributed by atoms with Gasteiger partial charge < -0.3 is 8.98 Å². The molecule has 0 saturated carbocycles. The van der Waals surface area contributed by atoms with Gasteiger partial charge in [0, 0.05) is 50.0 Å². The standard InChI is InChI=1S/C58H40N4O/c1-3-15-42(16-4-2)46-22-13-25-51-54(46)47-21-11-12-24-50(47)62(51)45-35-36-48-53(37-45)63-52-26-14-23-49(55(48)52)58-60-56(43-31-27-40(28-32-43)38-17-7-5-8-18-38)59-57(61-58)44-33-29-41(30-34-44)39-19-9-6-10-20-39/h3-37H,1H2,2H3/b16-4-,42-15+. The van der Waals surface area contributed by atoms with Crippen LogP contribution in [0, 0.1) is 0 Å². The third kappa shape index (κ3) is 6.73. The molecule has 0 unspecified atom stereocenters. The first-order valence-electron chi connectivity index (χ1n) is 21.2. The van der Waals surface area contributed by atoms with Gasteiger partial charge in [0.05, 0.1) is 11.0 Å². The molecule has 0 fully saturated rings. The Morgan fingerprint density at radius 3 is 1.71 bits per heavy atom. The van der Waals surface area contributed by atoms with E-state index in [1.165, 1.54) is 10.8 Å². The van der Waals surface area contributed by atoms with Gasteiger partial charge in [-0.25, -0.2) is 15.0 Å². The van der Waals surface area contributed by atoms with Crippen LogP contribution in [0.5, 0.6) is 0 Å². The largest absolute Gasteiger partial charge is 0.456 e. The molecular weight excluding hydrogens is 769 g/mol. The fourth-order valence-electron chi connectivity index (χ4n) is 8.86. The molecule has 0 aliphatic heterocycles. The average molecular weight is 809 g/mol. The van der Waals surface area contributed by atoms with E-state index in [1.54, 1.807) is 0 Å². The summed E-state index contributed by atoms with van der Waals surface area (Å²) in [7, 11) is 0. The number of benzene rings is 8. The zero-order valence-electron chi connectivity index (χ0n) is 34.6. The lowest BCUT2D eigenvalue weighted by molar-refractivity contribution is 0.668. The summed E-state index contributed by atoms with van der Waals surface area (Å²) in [6, 6.07) is 65.4. The maximum Gasteiger partial charge on any atom is 0.164 e. The lowest BCUT2D eigenvalue weighted by Gasteiger charge is -2.11. The minimum atomic E-state index is 0.575. The number of fused-ring (bicyclic) bond motifs is 6. The number of rotatable bonds is 9. The lowest BCUT2D eigenvalue weighted by atomic mass is 9.98. The molecule has 3 heterocycles. The lowest BCUT2D eigenvalue weighted by Crippen LogP contribution is -2.00. The van der Waals surface area contributed by atoms with Crippen LogP contribution < -0.4 is 0 Å². The van der Waals surface area contributed by atoms with E-state index in [1.807, 2.05) is 37.3 Å². The molecule has 0 atom stereocenters. The van der Waals surface area contributed by atoms with Crippen LogP contribution in [0.15, 0.2) is 223 Å². The fraction of sp³-hybridized carbons (Fsp3) is 0.0172. The van der Waals surface area contributed by atoms with E-state index >= 15 is 0 Å². The number of nitrogens with zero attached hydrogens (tertiary/aromatic N) is 4.